The Labute approximate surface area is 185 Å². The summed E-state index contributed by atoms with van der Waals surface area (Å²) >= 11 is 0. The van der Waals surface area contributed by atoms with Crippen molar-refractivity contribution in [3.05, 3.63) is 52.8 Å². The fourth-order valence-corrected chi connectivity index (χ4v) is 3.48. The third-order valence-electron chi connectivity index (χ3n) is 5.03. The number of hydrogen-bond acceptors (Lipinski definition) is 7. The molecule has 3 aromatic heterocycles. The van der Waals surface area contributed by atoms with E-state index in [-0.39, 0.29) is 11.9 Å². The van der Waals surface area contributed by atoms with Crippen LogP contribution in [-0.4, -0.2) is 35.9 Å². The Morgan fingerprint density at radius 1 is 1.16 bits per heavy atom. The van der Waals surface area contributed by atoms with Gasteiger partial charge in [-0.05, 0) is 25.0 Å². The predicted molar refractivity (Wildman–Crippen MR) is 124 cm³/mol. The maximum absolute atomic E-state index is 13.7. The molecule has 0 atom stereocenters. The van der Waals surface area contributed by atoms with Gasteiger partial charge in [-0.2, -0.15) is 0 Å². The monoisotopic (exact) mass is 440 g/mol. The number of hydrogen-bond donors (Lipinski definition) is 4. The lowest BCUT2D eigenvalue weighted by Gasteiger charge is -2.15. The van der Waals surface area contributed by atoms with E-state index in [1.807, 2.05) is 13.8 Å². The maximum atomic E-state index is 13.7. The van der Waals surface area contributed by atoms with Gasteiger partial charge in [0.05, 0.1) is 18.4 Å². The molecule has 1 aliphatic carbocycles. The summed E-state index contributed by atoms with van der Waals surface area (Å²) in [6, 6.07) is 4.87. The number of benzene rings is 1. The Morgan fingerprint density at radius 3 is 2.66 bits per heavy atom. The molecule has 0 aliphatic heterocycles. The van der Waals surface area contributed by atoms with Crippen molar-refractivity contribution in [2.75, 3.05) is 5.32 Å². The summed E-state index contributed by atoms with van der Waals surface area (Å²) in [4.78, 5) is 33.9. The second-order valence-corrected chi connectivity index (χ2v) is 7.22. The molecule has 0 bridgehead atoms. The maximum Gasteiger partial charge on any atom is 0.261 e. The summed E-state index contributed by atoms with van der Waals surface area (Å²) in [5, 5.41) is 3.00. The average Bonchev–Trinajstić information content (AvgIpc) is 3.29. The first-order valence-electron chi connectivity index (χ1n) is 10.9. The van der Waals surface area contributed by atoms with Gasteiger partial charge in [0.2, 0.25) is 0 Å². The van der Waals surface area contributed by atoms with Gasteiger partial charge in [-0.15, -0.1) is 0 Å². The molecule has 4 aromatic rings. The van der Waals surface area contributed by atoms with Gasteiger partial charge in [-0.25, -0.2) is 24.3 Å². The molecule has 0 unspecified atom stereocenters. The molecule has 1 fully saturated rings. The van der Waals surface area contributed by atoms with E-state index in [2.05, 4.69) is 35.2 Å². The number of fused-ring (bicyclic) bond motifs is 2. The molecule has 5 N–H and O–H groups in total. The van der Waals surface area contributed by atoms with Crippen LogP contribution in [0.2, 0.25) is 0 Å². The minimum absolute atomic E-state index is 0.0470. The van der Waals surface area contributed by atoms with Crippen LogP contribution in [0.25, 0.3) is 22.1 Å². The SMILES string of the molecule is CC.NC1CCCCC1.O=c1[nH]c(CNc2ncnc3nc[nH]c23)nc2cccc(F)c12. The average molecular weight is 441 g/mol. The smallest absolute Gasteiger partial charge is 0.261 e. The quantitative estimate of drug-likeness (QED) is 0.381. The van der Waals surface area contributed by atoms with E-state index in [1.54, 1.807) is 6.07 Å². The molecule has 0 spiro atoms. The number of halogens is 1. The highest BCUT2D eigenvalue weighted by Crippen LogP contribution is 2.16. The predicted octanol–water partition coefficient (Wildman–Crippen LogP) is 3.64. The Hall–Kier alpha value is -3.40. The fourth-order valence-electron chi connectivity index (χ4n) is 3.48. The van der Waals surface area contributed by atoms with Crippen LogP contribution in [0.4, 0.5) is 10.2 Å². The van der Waals surface area contributed by atoms with Gasteiger partial charge in [0.25, 0.3) is 5.56 Å². The third kappa shape index (κ3) is 5.64. The molecule has 0 amide bonds. The van der Waals surface area contributed by atoms with Crippen LogP contribution < -0.4 is 16.6 Å². The molecule has 32 heavy (non-hydrogen) atoms. The summed E-state index contributed by atoms with van der Waals surface area (Å²) < 4.78 is 13.7. The first kappa shape index (κ1) is 23.3. The number of imidazole rings is 1. The number of nitrogens with one attached hydrogen (secondary N) is 3. The highest BCUT2D eigenvalue weighted by molar-refractivity contribution is 5.82. The first-order valence-corrected chi connectivity index (χ1v) is 10.9. The van der Waals surface area contributed by atoms with Crippen LogP contribution >= 0.6 is 0 Å². The molecular weight excluding hydrogens is 411 g/mol. The van der Waals surface area contributed by atoms with Gasteiger partial charge in [-0.3, -0.25) is 4.79 Å². The molecule has 0 saturated heterocycles. The van der Waals surface area contributed by atoms with Gasteiger partial charge in [0.15, 0.2) is 11.5 Å². The number of H-pyrrole nitrogens is 2. The lowest BCUT2D eigenvalue weighted by molar-refractivity contribution is 0.441. The number of anilines is 1. The summed E-state index contributed by atoms with van der Waals surface area (Å²) in [6.45, 7) is 4.22. The normalized spacial score (nSPS) is 13.8. The van der Waals surface area contributed by atoms with Crippen molar-refractivity contribution in [3.8, 4) is 0 Å². The molecule has 10 heteroatoms. The number of nitrogens with zero attached hydrogens (tertiary/aromatic N) is 4. The molecule has 1 aliphatic rings. The second-order valence-electron chi connectivity index (χ2n) is 7.22. The van der Waals surface area contributed by atoms with Crippen molar-refractivity contribution in [1.82, 2.24) is 29.9 Å². The Bertz CT molecular complexity index is 1200. The van der Waals surface area contributed by atoms with Crippen molar-refractivity contribution in [2.45, 2.75) is 58.5 Å². The van der Waals surface area contributed by atoms with Crippen LogP contribution in [0.5, 0.6) is 0 Å². The van der Waals surface area contributed by atoms with Gasteiger partial charge in [-0.1, -0.05) is 39.2 Å². The fraction of sp³-hybridized carbons (Fsp3) is 0.409. The molecule has 3 heterocycles. The van der Waals surface area contributed by atoms with E-state index < -0.39 is 11.4 Å². The van der Waals surface area contributed by atoms with Crippen LogP contribution in [0, 0.1) is 5.82 Å². The third-order valence-corrected chi connectivity index (χ3v) is 5.03. The van der Waals surface area contributed by atoms with Crippen molar-refractivity contribution >= 4 is 27.9 Å². The summed E-state index contributed by atoms with van der Waals surface area (Å²) in [5.41, 5.74) is 6.61. The first-order chi connectivity index (χ1) is 15.6. The van der Waals surface area contributed by atoms with Crippen LogP contribution in [0.3, 0.4) is 0 Å². The van der Waals surface area contributed by atoms with E-state index >= 15 is 0 Å². The zero-order valence-electron chi connectivity index (χ0n) is 18.4. The topological polar surface area (TPSA) is 138 Å². The standard InChI is InChI=1S/C14H10FN7O.C6H13N.C2H6/c15-7-2-1-3-8-10(7)14(23)22-9(21-8)4-16-12-11-13(18-5-17-11)20-6-19-12;7-6-4-2-1-3-5-6;1-2/h1-3,5-6H,4H2,(H,21,22,23)(H2,16,17,18,19,20);6H,1-5,7H2;1-2H3. The van der Waals surface area contributed by atoms with Gasteiger partial charge in [0, 0.05) is 6.04 Å². The van der Waals surface area contributed by atoms with Gasteiger partial charge < -0.3 is 21.0 Å². The highest BCUT2D eigenvalue weighted by Gasteiger charge is 2.10. The molecular formula is C22H29FN8O. The van der Waals surface area contributed by atoms with Crippen LogP contribution in [0.1, 0.15) is 51.8 Å². The molecule has 5 rings (SSSR count). The summed E-state index contributed by atoms with van der Waals surface area (Å²) in [6.07, 6.45) is 9.57. The van der Waals surface area contributed by atoms with Crippen molar-refractivity contribution < 1.29 is 4.39 Å². The minimum atomic E-state index is -0.592. The number of rotatable bonds is 3. The lowest BCUT2D eigenvalue weighted by atomic mass is 9.97. The summed E-state index contributed by atoms with van der Waals surface area (Å²) in [7, 11) is 0. The van der Waals surface area contributed by atoms with Crippen LogP contribution in [-0.2, 0) is 6.54 Å². The van der Waals surface area contributed by atoms with Gasteiger partial charge >= 0.3 is 0 Å². The van der Waals surface area contributed by atoms with Crippen molar-refractivity contribution in [1.29, 1.82) is 0 Å². The minimum Gasteiger partial charge on any atom is -0.361 e. The van der Waals surface area contributed by atoms with E-state index in [0.29, 0.717) is 34.4 Å². The zero-order valence-corrected chi connectivity index (χ0v) is 18.4. The molecule has 0 radical (unpaired) electrons. The zero-order chi connectivity index (χ0) is 22.9. The number of nitrogens with two attached hydrogens (primary N) is 1. The Morgan fingerprint density at radius 2 is 1.94 bits per heavy atom. The molecule has 1 saturated carbocycles. The number of aromatic amines is 2. The number of aromatic nitrogens is 6. The Balaban J connectivity index is 0.000000272. The molecule has 170 valence electrons. The highest BCUT2D eigenvalue weighted by atomic mass is 19.1. The second kappa shape index (κ2) is 11.3. The van der Waals surface area contributed by atoms with E-state index in [9.17, 15) is 9.18 Å². The van der Waals surface area contributed by atoms with Gasteiger partial charge in [0.1, 0.15) is 28.9 Å². The van der Waals surface area contributed by atoms with E-state index in [0.717, 1.165) is 0 Å². The Kier molecular flexibility index (Phi) is 8.20. The van der Waals surface area contributed by atoms with E-state index in [1.165, 1.54) is 56.9 Å². The molecule has 9 nitrogen and oxygen atoms in total. The lowest BCUT2D eigenvalue weighted by Crippen LogP contribution is -2.22. The van der Waals surface area contributed by atoms with Crippen molar-refractivity contribution in [2.24, 2.45) is 5.73 Å². The van der Waals surface area contributed by atoms with Crippen LogP contribution in [0.15, 0.2) is 35.6 Å². The van der Waals surface area contributed by atoms with Crippen molar-refractivity contribution in [3.63, 3.8) is 0 Å². The van der Waals surface area contributed by atoms with E-state index in [4.69, 9.17) is 5.73 Å². The summed E-state index contributed by atoms with van der Waals surface area (Å²) in [5.74, 6) is 0.319. The largest absolute Gasteiger partial charge is 0.361 e. The molecule has 1 aromatic carbocycles.